The van der Waals surface area contributed by atoms with Crippen molar-refractivity contribution in [2.45, 2.75) is 19.8 Å². The van der Waals surface area contributed by atoms with E-state index in [9.17, 15) is 4.79 Å². The molecule has 2 N–H and O–H groups in total. The minimum absolute atomic E-state index is 0.232. The van der Waals surface area contributed by atoms with Gasteiger partial charge >= 0.3 is 5.97 Å². The molecule has 0 spiro atoms. The number of ether oxygens (including phenoxy) is 2. The molecule has 0 aromatic rings. The molecule has 0 radical (unpaired) electrons. The van der Waals surface area contributed by atoms with Crippen molar-refractivity contribution in [3.8, 4) is 0 Å². The number of unbranched alkanes of at least 4 members (excludes halogenated alkanes) is 1. The van der Waals surface area contributed by atoms with Crippen molar-refractivity contribution < 1.29 is 14.3 Å². The normalized spacial score (nSPS) is 9.64. The van der Waals surface area contributed by atoms with Crippen LogP contribution in [0.25, 0.3) is 0 Å². The van der Waals surface area contributed by atoms with Gasteiger partial charge in [-0.2, -0.15) is 0 Å². The molecule has 0 rings (SSSR count). The van der Waals surface area contributed by atoms with Gasteiger partial charge in [-0.1, -0.05) is 0 Å². The Balaban J connectivity index is 2.85. The lowest BCUT2D eigenvalue weighted by molar-refractivity contribution is -0.141. The molecule has 0 aliphatic heterocycles. The lowest BCUT2D eigenvalue weighted by atomic mass is 10.3. The summed E-state index contributed by atoms with van der Waals surface area (Å²) in [5.41, 5.74) is 5.08. The van der Waals surface area contributed by atoms with Crippen LogP contribution in [0.3, 0.4) is 0 Å². The van der Waals surface area contributed by atoms with Gasteiger partial charge in [0.2, 0.25) is 0 Å². The van der Waals surface area contributed by atoms with Gasteiger partial charge in [-0.05, 0) is 12.8 Å². The summed E-state index contributed by atoms with van der Waals surface area (Å²) in [5, 5.41) is 0. The van der Waals surface area contributed by atoms with Gasteiger partial charge in [0.05, 0.1) is 13.3 Å². The number of carbonyl (C=O) groups is 1. The van der Waals surface area contributed by atoms with Gasteiger partial charge < -0.3 is 15.2 Å². The fourth-order valence-corrected chi connectivity index (χ4v) is 0.605. The van der Waals surface area contributed by atoms with Crippen LogP contribution in [0.2, 0.25) is 0 Å². The van der Waals surface area contributed by atoms with E-state index >= 15 is 0 Å². The Morgan fingerprint density at radius 3 is 2.55 bits per heavy atom. The Kier molecular flexibility index (Phi) is 7.08. The van der Waals surface area contributed by atoms with Crippen molar-refractivity contribution in [1.82, 2.24) is 0 Å². The molecular formula is C7H15NO3. The van der Waals surface area contributed by atoms with Gasteiger partial charge in [0.25, 0.3) is 0 Å². The molecule has 66 valence electrons. The molecule has 0 aromatic heterocycles. The molecule has 0 saturated heterocycles. The SMILES string of the molecule is CC(=O)OCCCCOCN. The second-order valence-electron chi connectivity index (χ2n) is 2.12. The van der Waals surface area contributed by atoms with E-state index in [2.05, 4.69) is 0 Å². The molecule has 0 heterocycles. The van der Waals surface area contributed by atoms with Crippen molar-refractivity contribution in [3.05, 3.63) is 0 Å². The first-order valence-electron chi connectivity index (χ1n) is 3.68. The number of hydrogen-bond acceptors (Lipinski definition) is 4. The van der Waals surface area contributed by atoms with Crippen LogP contribution in [-0.2, 0) is 14.3 Å². The van der Waals surface area contributed by atoms with Crippen molar-refractivity contribution in [2.24, 2.45) is 5.73 Å². The first-order valence-corrected chi connectivity index (χ1v) is 3.68. The monoisotopic (exact) mass is 161 g/mol. The zero-order valence-corrected chi connectivity index (χ0v) is 6.84. The van der Waals surface area contributed by atoms with Gasteiger partial charge in [-0.25, -0.2) is 0 Å². The predicted octanol–water partition coefficient (Wildman–Crippen LogP) is 0.263. The molecule has 0 aliphatic carbocycles. The third kappa shape index (κ3) is 9.39. The maximum atomic E-state index is 10.3. The summed E-state index contributed by atoms with van der Waals surface area (Å²) in [7, 11) is 0. The summed E-state index contributed by atoms with van der Waals surface area (Å²) >= 11 is 0. The molecule has 0 fully saturated rings. The topological polar surface area (TPSA) is 61.5 Å². The summed E-state index contributed by atoms with van der Waals surface area (Å²) < 4.78 is 9.57. The van der Waals surface area contributed by atoms with Crippen molar-refractivity contribution in [2.75, 3.05) is 19.9 Å². The largest absolute Gasteiger partial charge is 0.466 e. The molecule has 4 heteroatoms. The zero-order valence-electron chi connectivity index (χ0n) is 6.84. The van der Waals surface area contributed by atoms with E-state index in [0.29, 0.717) is 13.2 Å². The molecule has 0 aliphatic rings. The van der Waals surface area contributed by atoms with Gasteiger partial charge in [0.1, 0.15) is 0 Å². The van der Waals surface area contributed by atoms with Crippen LogP contribution in [-0.4, -0.2) is 25.9 Å². The van der Waals surface area contributed by atoms with E-state index in [4.69, 9.17) is 15.2 Å². The van der Waals surface area contributed by atoms with Crippen molar-refractivity contribution >= 4 is 5.97 Å². The summed E-state index contributed by atoms with van der Waals surface area (Å²) in [6.45, 7) is 2.77. The van der Waals surface area contributed by atoms with Crippen LogP contribution in [0, 0.1) is 0 Å². The number of esters is 1. The summed E-state index contributed by atoms with van der Waals surface area (Å²) in [5.74, 6) is -0.232. The van der Waals surface area contributed by atoms with E-state index in [1.807, 2.05) is 0 Å². The van der Waals surface area contributed by atoms with Crippen molar-refractivity contribution in [1.29, 1.82) is 0 Å². The molecule has 0 bridgehead atoms. The zero-order chi connectivity index (χ0) is 8.53. The Morgan fingerprint density at radius 2 is 2.00 bits per heavy atom. The molecule has 0 saturated carbocycles. The highest BCUT2D eigenvalue weighted by Crippen LogP contribution is 1.90. The number of carbonyl (C=O) groups excluding carboxylic acids is 1. The Hall–Kier alpha value is -0.610. The summed E-state index contributed by atoms with van der Waals surface area (Å²) in [6, 6.07) is 0. The molecule has 0 aromatic carbocycles. The van der Waals surface area contributed by atoms with Gasteiger partial charge in [-0.15, -0.1) is 0 Å². The predicted molar refractivity (Wildman–Crippen MR) is 40.9 cm³/mol. The summed E-state index contributed by atoms with van der Waals surface area (Å²) in [6.07, 6.45) is 1.71. The third-order valence-corrected chi connectivity index (χ3v) is 1.11. The van der Waals surface area contributed by atoms with E-state index < -0.39 is 0 Å². The molecule has 4 nitrogen and oxygen atoms in total. The fraction of sp³-hybridized carbons (Fsp3) is 0.857. The minimum Gasteiger partial charge on any atom is -0.466 e. The second kappa shape index (κ2) is 7.50. The number of nitrogens with two attached hydrogens (primary N) is 1. The van der Waals surface area contributed by atoms with Crippen LogP contribution >= 0.6 is 0 Å². The van der Waals surface area contributed by atoms with E-state index in [0.717, 1.165) is 12.8 Å². The standard InChI is InChI=1S/C7H15NO3/c1-7(9)11-5-3-2-4-10-6-8/h2-6,8H2,1H3. The number of hydrogen-bond donors (Lipinski definition) is 1. The van der Waals surface area contributed by atoms with Gasteiger partial charge in [0, 0.05) is 13.5 Å². The molecule has 11 heavy (non-hydrogen) atoms. The van der Waals surface area contributed by atoms with Crippen molar-refractivity contribution in [3.63, 3.8) is 0 Å². The average molecular weight is 161 g/mol. The van der Waals surface area contributed by atoms with Crippen LogP contribution in [0.5, 0.6) is 0 Å². The molecule has 0 amide bonds. The quantitative estimate of drug-likeness (QED) is 0.345. The minimum atomic E-state index is -0.232. The first-order chi connectivity index (χ1) is 5.27. The second-order valence-corrected chi connectivity index (χ2v) is 2.12. The third-order valence-electron chi connectivity index (χ3n) is 1.11. The highest BCUT2D eigenvalue weighted by molar-refractivity contribution is 5.65. The van der Waals surface area contributed by atoms with Crippen LogP contribution in [0.1, 0.15) is 19.8 Å². The van der Waals surface area contributed by atoms with Crippen LogP contribution in [0.4, 0.5) is 0 Å². The Bertz CT molecular complexity index is 106. The molecule has 0 unspecified atom stereocenters. The van der Waals surface area contributed by atoms with E-state index in [-0.39, 0.29) is 12.7 Å². The fourth-order valence-electron chi connectivity index (χ4n) is 0.605. The van der Waals surface area contributed by atoms with Gasteiger partial charge in [-0.3, -0.25) is 4.79 Å². The Morgan fingerprint density at radius 1 is 1.36 bits per heavy atom. The maximum absolute atomic E-state index is 10.3. The van der Waals surface area contributed by atoms with E-state index in [1.165, 1.54) is 6.92 Å². The summed E-state index contributed by atoms with van der Waals surface area (Å²) in [4.78, 5) is 10.3. The highest BCUT2D eigenvalue weighted by Gasteiger charge is 1.92. The number of rotatable bonds is 6. The van der Waals surface area contributed by atoms with Crippen LogP contribution in [0.15, 0.2) is 0 Å². The lowest BCUT2D eigenvalue weighted by Crippen LogP contribution is -2.07. The van der Waals surface area contributed by atoms with Gasteiger partial charge in [0.15, 0.2) is 0 Å². The highest BCUT2D eigenvalue weighted by atomic mass is 16.5. The molecule has 0 atom stereocenters. The first kappa shape index (κ1) is 10.4. The van der Waals surface area contributed by atoms with Crippen LogP contribution < -0.4 is 5.73 Å². The molecular weight excluding hydrogens is 146 g/mol. The lowest BCUT2D eigenvalue weighted by Gasteiger charge is -2.01. The average Bonchev–Trinajstić information content (AvgIpc) is 1.96. The Labute approximate surface area is 66.7 Å². The maximum Gasteiger partial charge on any atom is 0.302 e. The van der Waals surface area contributed by atoms with E-state index in [1.54, 1.807) is 0 Å². The smallest absolute Gasteiger partial charge is 0.302 e.